The Kier molecular flexibility index (Phi) is 27.7. The van der Waals surface area contributed by atoms with Crippen molar-refractivity contribution in [1.29, 1.82) is 0 Å². The molecular weight excluding hydrogens is 354 g/mol. The van der Waals surface area contributed by atoms with Gasteiger partial charge < -0.3 is 31.4 Å². The molecule has 12 nitrogen and oxygen atoms in total. The predicted octanol–water partition coefficient (Wildman–Crippen LogP) is -9.49. The number of carboxylic acids is 4. The van der Waals surface area contributed by atoms with Crippen molar-refractivity contribution >= 4 is 23.9 Å². The summed E-state index contributed by atoms with van der Waals surface area (Å²) in [6.07, 6.45) is 0. The largest absolute Gasteiger partial charge is 1.00 e. The molecule has 0 aromatic rings. The van der Waals surface area contributed by atoms with Crippen molar-refractivity contribution in [2.24, 2.45) is 0 Å². The number of carbonyl (C=O) groups is 4. The summed E-state index contributed by atoms with van der Waals surface area (Å²) in [5, 5.41) is 34.5. The summed E-state index contributed by atoms with van der Waals surface area (Å²) in [5.41, 5.74) is 0. The minimum absolute atomic E-state index is 0. The molecule has 0 aromatic carbocycles. The van der Waals surface area contributed by atoms with Crippen LogP contribution < -0.4 is 59.1 Å². The van der Waals surface area contributed by atoms with Crippen molar-refractivity contribution in [3.05, 3.63) is 0 Å². The van der Waals surface area contributed by atoms with E-state index in [-0.39, 0.29) is 86.0 Å². The number of rotatable bonds is 11. The number of nitrogens with zero attached hydrogens (tertiary/aromatic N) is 2. The maximum absolute atomic E-state index is 10.6. The van der Waals surface area contributed by atoms with E-state index >= 15 is 0 Å². The zero-order valence-electron chi connectivity index (χ0n) is 15.6. The normalized spacial score (nSPS) is 8.92. The first-order valence-corrected chi connectivity index (χ1v) is 5.52. The van der Waals surface area contributed by atoms with Gasteiger partial charge in [0, 0.05) is 13.1 Å². The molecule has 0 aliphatic rings. The second kappa shape index (κ2) is 19.1. The van der Waals surface area contributed by atoms with E-state index in [0.717, 1.165) is 9.80 Å². The molecule has 0 aliphatic heterocycles. The summed E-state index contributed by atoms with van der Waals surface area (Å²) in [4.78, 5) is 44.4. The fourth-order valence-corrected chi connectivity index (χ4v) is 1.48. The second-order valence-corrected chi connectivity index (χ2v) is 4.00. The third kappa shape index (κ3) is 21.7. The van der Waals surface area contributed by atoms with Crippen molar-refractivity contribution in [2.45, 2.75) is 0 Å². The summed E-state index contributed by atoms with van der Waals surface area (Å²) in [7, 11) is 0. The monoisotopic (exact) mass is 376 g/mol. The Labute approximate surface area is 184 Å². The van der Waals surface area contributed by atoms with Crippen LogP contribution in [-0.4, -0.2) is 104 Å². The van der Waals surface area contributed by atoms with Crippen LogP contribution in [-0.2, 0) is 19.2 Å². The summed E-state index contributed by atoms with van der Waals surface area (Å²) in [6.45, 7) is -2.25. The first kappa shape index (κ1) is 34.9. The molecule has 14 heteroatoms. The van der Waals surface area contributed by atoms with Crippen LogP contribution in [0.5, 0.6) is 0 Å². The summed E-state index contributed by atoms with van der Waals surface area (Å²) in [6, 6.07) is 0. The number of hydrogen-bond donors (Lipinski definition) is 4. The van der Waals surface area contributed by atoms with Gasteiger partial charge in [0.05, 0.1) is 26.2 Å². The molecule has 0 unspecified atom stereocenters. The van der Waals surface area contributed by atoms with Gasteiger partial charge in [-0.3, -0.25) is 29.0 Å². The van der Waals surface area contributed by atoms with Gasteiger partial charge in [-0.2, -0.15) is 0 Å². The molecule has 0 rings (SSSR count). The zero-order valence-corrected chi connectivity index (χ0v) is 17.6. The predicted molar refractivity (Wildman–Crippen MR) is 72.9 cm³/mol. The number of carboxylic acid groups (broad SMARTS) is 4. The van der Waals surface area contributed by atoms with Crippen LogP contribution in [0.25, 0.3) is 0 Å². The fraction of sp³-hybridized carbons (Fsp3) is 0.600. The van der Waals surface area contributed by atoms with Crippen LogP contribution in [0.1, 0.15) is 2.85 Å². The van der Waals surface area contributed by atoms with Crippen LogP contribution in [0, 0.1) is 0 Å². The van der Waals surface area contributed by atoms with Crippen molar-refractivity contribution < 1.29 is 113 Å². The van der Waals surface area contributed by atoms with E-state index in [1.807, 2.05) is 0 Å². The van der Waals surface area contributed by atoms with Crippen molar-refractivity contribution in [3.8, 4) is 0 Å². The van der Waals surface area contributed by atoms with Gasteiger partial charge in [0.15, 0.2) is 0 Å². The molecule has 0 fully saturated rings. The average molecular weight is 376 g/mol. The minimum Gasteiger partial charge on any atom is -0.480 e. The molecule has 0 atom stereocenters. The van der Waals surface area contributed by atoms with Gasteiger partial charge in [0.2, 0.25) is 0 Å². The molecule has 24 heavy (non-hydrogen) atoms. The molecule has 0 aromatic heterocycles. The van der Waals surface area contributed by atoms with E-state index in [0.29, 0.717) is 0 Å². The van der Waals surface area contributed by atoms with E-state index in [1.165, 1.54) is 0 Å². The Bertz CT molecular complexity index is 338. The topological polar surface area (TPSA) is 219 Å². The van der Waals surface area contributed by atoms with Crippen molar-refractivity contribution in [1.82, 2.24) is 9.80 Å². The van der Waals surface area contributed by atoms with Gasteiger partial charge in [0.25, 0.3) is 0 Å². The molecule has 0 spiro atoms. The van der Waals surface area contributed by atoms with Crippen molar-refractivity contribution in [3.63, 3.8) is 0 Å². The molecule has 0 saturated carbocycles. The SMILES string of the molecule is O.O.O=C(O)CN(CCN(CC(=O)O)CC(=O)O)CC(=O)O.[H+].[H+].[Na+].[Na+]. The van der Waals surface area contributed by atoms with Crippen LogP contribution in [0.15, 0.2) is 0 Å². The maximum atomic E-state index is 10.6. The Morgan fingerprint density at radius 1 is 0.583 bits per heavy atom. The summed E-state index contributed by atoms with van der Waals surface area (Å²) >= 11 is 0. The maximum Gasteiger partial charge on any atom is 1.00 e. The minimum atomic E-state index is -1.23. The van der Waals surface area contributed by atoms with Crippen LogP contribution in [0.3, 0.4) is 0 Å². The molecule has 0 amide bonds. The van der Waals surface area contributed by atoms with E-state index < -0.39 is 50.1 Å². The smallest absolute Gasteiger partial charge is 0.480 e. The van der Waals surface area contributed by atoms with E-state index in [9.17, 15) is 19.2 Å². The Hall–Kier alpha value is -0.280. The van der Waals surface area contributed by atoms with Gasteiger partial charge in [0.1, 0.15) is 0 Å². The fourth-order valence-electron chi connectivity index (χ4n) is 1.48. The molecule has 0 aliphatic carbocycles. The van der Waals surface area contributed by atoms with E-state index in [2.05, 4.69) is 0 Å². The molecular formula is C10H22N2Na2O10+4. The molecule has 0 heterocycles. The first-order valence-electron chi connectivity index (χ1n) is 5.52. The first-order chi connectivity index (χ1) is 9.20. The van der Waals surface area contributed by atoms with Crippen LogP contribution in [0.2, 0.25) is 0 Å². The van der Waals surface area contributed by atoms with Gasteiger partial charge in [-0.1, -0.05) is 0 Å². The summed E-state index contributed by atoms with van der Waals surface area (Å²) < 4.78 is 0. The van der Waals surface area contributed by atoms with Crippen molar-refractivity contribution in [2.75, 3.05) is 39.3 Å². The van der Waals surface area contributed by atoms with E-state index in [1.54, 1.807) is 0 Å². The number of aliphatic carboxylic acids is 4. The van der Waals surface area contributed by atoms with Crippen LogP contribution in [0.4, 0.5) is 0 Å². The van der Waals surface area contributed by atoms with E-state index in [4.69, 9.17) is 20.4 Å². The Morgan fingerprint density at radius 3 is 0.875 bits per heavy atom. The molecule has 8 N–H and O–H groups in total. The molecule has 0 bridgehead atoms. The molecule has 130 valence electrons. The third-order valence-electron chi connectivity index (χ3n) is 2.17. The Morgan fingerprint density at radius 2 is 0.750 bits per heavy atom. The second-order valence-electron chi connectivity index (χ2n) is 4.00. The third-order valence-corrected chi connectivity index (χ3v) is 2.17. The molecule has 0 saturated heterocycles. The molecule has 0 radical (unpaired) electrons. The van der Waals surface area contributed by atoms with Crippen LogP contribution >= 0.6 is 0 Å². The zero-order chi connectivity index (χ0) is 15.7. The van der Waals surface area contributed by atoms with Gasteiger partial charge >= 0.3 is 85.8 Å². The standard InChI is InChI=1S/C10H16N2O8.2Na.2H2O/c13-7(14)3-11(4-8(15)16)1-2-12(5-9(17)18)6-10(19)20;;;;/h1-6H2,(H,13,14)(H,15,16)(H,17,18)(H,19,20);;;2*1H2/q;2*+1;;/p+2. The average Bonchev–Trinajstić information content (AvgIpc) is 2.22. The Balaban J connectivity index is -0.000000120. The number of hydrogen-bond acceptors (Lipinski definition) is 6. The van der Waals surface area contributed by atoms with Gasteiger partial charge in [-0.05, 0) is 0 Å². The summed E-state index contributed by atoms with van der Waals surface area (Å²) in [5.74, 6) is -4.91. The van der Waals surface area contributed by atoms with Gasteiger partial charge in [-0.15, -0.1) is 0 Å². The quantitative estimate of drug-likeness (QED) is 0.249. The van der Waals surface area contributed by atoms with Gasteiger partial charge in [-0.25, -0.2) is 0 Å².